The van der Waals surface area contributed by atoms with Crippen LogP contribution in [-0.2, 0) is 4.79 Å². The number of H-pyrrole nitrogens is 1. The second kappa shape index (κ2) is 11.5. The first kappa shape index (κ1) is 25.5. The summed E-state index contributed by atoms with van der Waals surface area (Å²) in [5.41, 5.74) is 4.22. The Morgan fingerprint density at radius 2 is 1.58 bits per heavy atom. The number of aromatic amines is 1. The van der Waals surface area contributed by atoms with Gasteiger partial charge in [0.1, 0.15) is 24.7 Å². The van der Waals surface area contributed by atoms with E-state index in [0.717, 1.165) is 34.0 Å². The zero-order chi connectivity index (χ0) is 26.5. The molecule has 8 nitrogen and oxygen atoms in total. The zero-order valence-electron chi connectivity index (χ0n) is 21.4. The van der Waals surface area contributed by atoms with Crippen LogP contribution in [0.15, 0.2) is 71.9 Å². The first-order chi connectivity index (χ1) is 18.6. The number of fused-ring (bicyclic) bond motifs is 1. The van der Waals surface area contributed by atoms with Crippen LogP contribution in [0.3, 0.4) is 0 Å². The SMILES string of the molecule is CCC(Sc1nc(-c2ccc(OC)cc2)c(-c2ccc(OC)cc2)[nH]1)C(=O)Nc1ccc2c(c1)OCCO2. The third-order valence-electron chi connectivity index (χ3n) is 6.15. The van der Waals surface area contributed by atoms with Crippen LogP contribution < -0.4 is 24.3 Å². The van der Waals surface area contributed by atoms with Crippen LogP contribution in [0.25, 0.3) is 22.5 Å². The van der Waals surface area contributed by atoms with Crippen LogP contribution in [0, 0.1) is 0 Å². The van der Waals surface area contributed by atoms with E-state index in [1.165, 1.54) is 11.8 Å². The van der Waals surface area contributed by atoms with E-state index in [9.17, 15) is 4.79 Å². The van der Waals surface area contributed by atoms with Gasteiger partial charge in [0.2, 0.25) is 5.91 Å². The molecule has 9 heteroatoms. The highest BCUT2D eigenvalue weighted by atomic mass is 32.2. The summed E-state index contributed by atoms with van der Waals surface area (Å²) in [4.78, 5) is 21.6. The van der Waals surface area contributed by atoms with E-state index in [2.05, 4.69) is 10.3 Å². The topological polar surface area (TPSA) is 94.7 Å². The molecule has 0 spiro atoms. The maximum Gasteiger partial charge on any atom is 0.237 e. The van der Waals surface area contributed by atoms with Gasteiger partial charge >= 0.3 is 0 Å². The van der Waals surface area contributed by atoms with Gasteiger partial charge < -0.3 is 29.2 Å². The Morgan fingerprint density at radius 1 is 0.947 bits per heavy atom. The van der Waals surface area contributed by atoms with Crippen LogP contribution in [0.4, 0.5) is 5.69 Å². The average Bonchev–Trinajstić information content (AvgIpc) is 3.39. The number of methoxy groups -OCH3 is 2. The molecule has 1 atom stereocenters. The Kier molecular flexibility index (Phi) is 7.74. The molecule has 0 bridgehead atoms. The molecule has 1 aromatic heterocycles. The number of hydrogen-bond donors (Lipinski definition) is 2. The number of imidazole rings is 1. The van der Waals surface area contributed by atoms with E-state index in [-0.39, 0.29) is 11.2 Å². The van der Waals surface area contributed by atoms with Gasteiger partial charge in [0.15, 0.2) is 16.7 Å². The fourth-order valence-corrected chi connectivity index (χ4v) is 5.04. The van der Waals surface area contributed by atoms with Crippen molar-refractivity contribution >= 4 is 23.4 Å². The first-order valence-corrected chi connectivity index (χ1v) is 13.2. The summed E-state index contributed by atoms with van der Waals surface area (Å²) in [7, 11) is 3.28. The van der Waals surface area contributed by atoms with Gasteiger partial charge in [0.25, 0.3) is 0 Å². The van der Waals surface area contributed by atoms with Crippen molar-refractivity contribution in [2.24, 2.45) is 0 Å². The Labute approximate surface area is 225 Å². The lowest BCUT2D eigenvalue weighted by molar-refractivity contribution is -0.115. The number of ether oxygens (including phenoxy) is 4. The van der Waals surface area contributed by atoms with E-state index < -0.39 is 0 Å². The maximum atomic E-state index is 13.2. The second-order valence-electron chi connectivity index (χ2n) is 8.58. The predicted octanol–water partition coefficient (Wildman–Crippen LogP) is 6.04. The zero-order valence-corrected chi connectivity index (χ0v) is 22.3. The van der Waals surface area contributed by atoms with E-state index >= 15 is 0 Å². The molecular formula is C29H29N3O5S. The maximum absolute atomic E-state index is 13.2. The molecule has 0 fully saturated rings. The number of benzene rings is 3. The molecule has 1 aliphatic heterocycles. The van der Waals surface area contributed by atoms with Crippen molar-refractivity contribution in [1.29, 1.82) is 0 Å². The van der Waals surface area contributed by atoms with Crippen LogP contribution in [0.1, 0.15) is 13.3 Å². The molecule has 0 saturated carbocycles. The molecule has 1 unspecified atom stereocenters. The van der Waals surface area contributed by atoms with E-state index in [1.54, 1.807) is 20.3 Å². The highest BCUT2D eigenvalue weighted by Gasteiger charge is 2.23. The summed E-state index contributed by atoms with van der Waals surface area (Å²) in [5, 5.41) is 3.31. The summed E-state index contributed by atoms with van der Waals surface area (Å²) < 4.78 is 21.9. The number of carbonyl (C=O) groups is 1. The lowest BCUT2D eigenvalue weighted by Crippen LogP contribution is -2.25. The second-order valence-corrected chi connectivity index (χ2v) is 9.78. The summed E-state index contributed by atoms with van der Waals surface area (Å²) in [6.07, 6.45) is 0.623. The Hall–Kier alpha value is -4.11. The van der Waals surface area contributed by atoms with Crippen LogP contribution in [0.2, 0.25) is 0 Å². The lowest BCUT2D eigenvalue weighted by atomic mass is 10.0. The van der Waals surface area contributed by atoms with Crippen molar-refractivity contribution in [3.8, 4) is 45.5 Å². The van der Waals surface area contributed by atoms with Gasteiger partial charge in [0, 0.05) is 22.9 Å². The highest BCUT2D eigenvalue weighted by molar-refractivity contribution is 8.00. The Balaban J connectivity index is 1.40. The summed E-state index contributed by atoms with van der Waals surface area (Å²) in [6.45, 7) is 3.00. The fourth-order valence-electron chi connectivity index (χ4n) is 4.13. The quantitative estimate of drug-likeness (QED) is 0.254. The third-order valence-corrected chi connectivity index (χ3v) is 7.40. The molecule has 1 amide bonds. The molecule has 38 heavy (non-hydrogen) atoms. The highest BCUT2D eigenvalue weighted by Crippen LogP contribution is 2.37. The number of amides is 1. The standard InChI is InChI=1S/C29H29N3O5S/c1-4-25(28(33)30-20-9-14-23-24(17-20)37-16-15-36-23)38-29-31-26(18-5-10-21(34-2)11-6-18)27(32-29)19-7-12-22(35-3)13-8-19/h5-14,17,25H,4,15-16H2,1-3H3,(H,30,33)(H,31,32). The van der Waals surface area contributed by atoms with Crippen molar-refractivity contribution in [2.75, 3.05) is 32.8 Å². The third kappa shape index (κ3) is 5.57. The number of rotatable bonds is 9. The van der Waals surface area contributed by atoms with Gasteiger partial charge in [-0.15, -0.1) is 0 Å². The van der Waals surface area contributed by atoms with Gasteiger partial charge in [-0.3, -0.25) is 4.79 Å². The molecule has 196 valence electrons. The molecule has 3 aromatic carbocycles. The van der Waals surface area contributed by atoms with Crippen molar-refractivity contribution in [3.05, 3.63) is 66.7 Å². The molecule has 1 aliphatic rings. The summed E-state index contributed by atoms with van der Waals surface area (Å²) in [5.74, 6) is 2.75. The van der Waals surface area contributed by atoms with E-state index in [0.29, 0.717) is 42.0 Å². The number of carbonyl (C=O) groups excluding carboxylic acids is 1. The van der Waals surface area contributed by atoms with Crippen molar-refractivity contribution < 1.29 is 23.7 Å². The van der Waals surface area contributed by atoms with Gasteiger partial charge in [-0.25, -0.2) is 4.98 Å². The van der Waals surface area contributed by atoms with Crippen LogP contribution >= 0.6 is 11.8 Å². The minimum Gasteiger partial charge on any atom is -0.497 e. The molecular weight excluding hydrogens is 502 g/mol. The van der Waals surface area contributed by atoms with Gasteiger partial charge in [-0.2, -0.15) is 0 Å². The van der Waals surface area contributed by atoms with E-state index in [1.807, 2.05) is 67.6 Å². The largest absolute Gasteiger partial charge is 0.497 e. The smallest absolute Gasteiger partial charge is 0.237 e. The monoisotopic (exact) mass is 531 g/mol. The number of thioether (sulfide) groups is 1. The number of aromatic nitrogens is 2. The minimum atomic E-state index is -0.359. The number of hydrogen-bond acceptors (Lipinski definition) is 7. The summed E-state index contributed by atoms with van der Waals surface area (Å²) in [6, 6.07) is 21.0. The first-order valence-electron chi connectivity index (χ1n) is 12.3. The van der Waals surface area contributed by atoms with Crippen LogP contribution in [0.5, 0.6) is 23.0 Å². The number of nitrogens with zero attached hydrogens (tertiary/aromatic N) is 1. The van der Waals surface area contributed by atoms with E-state index in [4.69, 9.17) is 23.9 Å². The molecule has 4 aromatic rings. The lowest BCUT2D eigenvalue weighted by Gasteiger charge is -2.19. The Morgan fingerprint density at radius 3 is 2.21 bits per heavy atom. The number of anilines is 1. The van der Waals surface area contributed by atoms with Gasteiger partial charge in [-0.1, -0.05) is 18.7 Å². The van der Waals surface area contributed by atoms with Crippen molar-refractivity contribution in [2.45, 2.75) is 23.8 Å². The van der Waals surface area contributed by atoms with Crippen molar-refractivity contribution in [1.82, 2.24) is 9.97 Å². The molecule has 2 heterocycles. The summed E-state index contributed by atoms with van der Waals surface area (Å²) >= 11 is 1.40. The molecule has 5 rings (SSSR count). The number of nitrogens with one attached hydrogen (secondary N) is 2. The Bertz CT molecular complexity index is 1340. The van der Waals surface area contributed by atoms with Gasteiger partial charge in [-0.05, 0) is 67.1 Å². The average molecular weight is 532 g/mol. The fraction of sp³-hybridized carbons (Fsp3) is 0.241. The van der Waals surface area contributed by atoms with Crippen molar-refractivity contribution in [3.63, 3.8) is 0 Å². The molecule has 0 aliphatic carbocycles. The van der Waals surface area contributed by atoms with Crippen LogP contribution in [-0.4, -0.2) is 48.6 Å². The molecule has 0 radical (unpaired) electrons. The minimum absolute atomic E-state index is 0.109. The molecule has 0 saturated heterocycles. The predicted molar refractivity (Wildman–Crippen MR) is 149 cm³/mol. The van der Waals surface area contributed by atoms with Gasteiger partial charge in [0.05, 0.1) is 30.9 Å². The molecule has 2 N–H and O–H groups in total. The normalized spacial score (nSPS) is 13.0.